The highest BCUT2D eigenvalue weighted by Gasteiger charge is 2.27. The Labute approximate surface area is 97.3 Å². The molecule has 0 radical (unpaired) electrons. The van der Waals surface area contributed by atoms with Crippen LogP contribution >= 0.6 is 0 Å². The van der Waals surface area contributed by atoms with Crippen LogP contribution in [0.2, 0.25) is 0 Å². The third-order valence-electron chi connectivity index (χ3n) is 3.32. The quantitative estimate of drug-likeness (QED) is 0.775. The van der Waals surface area contributed by atoms with Crippen molar-refractivity contribution < 1.29 is 4.79 Å². The number of fused-ring (bicyclic) bond motifs is 1. The summed E-state index contributed by atoms with van der Waals surface area (Å²) in [5, 5.41) is 0. The predicted molar refractivity (Wildman–Crippen MR) is 66.8 cm³/mol. The topological polar surface area (TPSA) is 20.3 Å². The molecule has 1 atom stereocenters. The Hall–Kier alpha value is -1.31. The number of nitrogens with zero attached hydrogens (tertiary/aromatic N) is 1. The first kappa shape index (κ1) is 11.2. The van der Waals surface area contributed by atoms with Gasteiger partial charge in [0.15, 0.2) is 5.78 Å². The molecule has 16 heavy (non-hydrogen) atoms. The van der Waals surface area contributed by atoms with Gasteiger partial charge < -0.3 is 4.90 Å². The molecule has 0 spiro atoms. The molecule has 1 aromatic carbocycles. The van der Waals surface area contributed by atoms with Gasteiger partial charge in [-0.25, -0.2) is 0 Å². The molecule has 0 N–H and O–H groups in total. The molecule has 0 aliphatic carbocycles. The second-order valence-electron chi connectivity index (χ2n) is 4.93. The smallest absolute Gasteiger partial charge is 0.154 e. The van der Waals surface area contributed by atoms with Gasteiger partial charge in [0.1, 0.15) is 0 Å². The molecule has 1 aliphatic heterocycles. The molecule has 1 aliphatic rings. The molecule has 0 aromatic heterocycles. The van der Waals surface area contributed by atoms with E-state index in [1.54, 1.807) is 0 Å². The molecule has 0 amide bonds. The third-order valence-corrected chi connectivity index (χ3v) is 3.32. The van der Waals surface area contributed by atoms with E-state index in [0.29, 0.717) is 18.4 Å². The van der Waals surface area contributed by atoms with Crippen molar-refractivity contribution in [1.29, 1.82) is 0 Å². The minimum absolute atomic E-state index is 0.125. The first-order valence-corrected chi connectivity index (χ1v) is 5.97. The molecule has 0 saturated carbocycles. The summed E-state index contributed by atoms with van der Waals surface area (Å²) in [5.41, 5.74) is 2.61. The monoisotopic (exact) mass is 217 g/mol. The Morgan fingerprint density at radius 3 is 2.81 bits per heavy atom. The fourth-order valence-electron chi connectivity index (χ4n) is 2.22. The zero-order chi connectivity index (χ0) is 11.7. The van der Waals surface area contributed by atoms with Gasteiger partial charge in [0.25, 0.3) is 0 Å². The van der Waals surface area contributed by atoms with Gasteiger partial charge >= 0.3 is 0 Å². The number of ketones is 1. The summed E-state index contributed by atoms with van der Waals surface area (Å²) in [5.74, 6) is 0.448. The van der Waals surface area contributed by atoms with Crippen LogP contribution < -0.4 is 4.90 Å². The number of anilines is 1. The average molecular weight is 217 g/mol. The van der Waals surface area contributed by atoms with Crippen LogP contribution in [0.3, 0.4) is 0 Å². The lowest BCUT2D eigenvalue weighted by atomic mass is 10.1. The Balaban J connectivity index is 2.19. The van der Waals surface area contributed by atoms with Crippen molar-refractivity contribution in [3.8, 4) is 0 Å². The SMILES string of the molecule is CC(C)C(=O)CN1c2ccccc2CC1C. The van der Waals surface area contributed by atoms with Crippen molar-refractivity contribution >= 4 is 11.5 Å². The molecular weight excluding hydrogens is 198 g/mol. The Morgan fingerprint density at radius 2 is 2.12 bits per heavy atom. The number of carbonyl (C=O) groups is 1. The van der Waals surface area contributed by atoms with Crippen LogP contribution in [0.1, 0.15) is 26.3 Å². The number of para-hydroxylation sites is 1. The summed E-state index contributed by atoms with van der Waals surface area (Å²) < 4.78 is 0. The van der Waals surface area contributed by atoms with E-state index in [2.05, 4.69) is 30.0 Å². The van der Waals surface area contributed by atoms with Gasteiger partial charge in [0.2, 0.25) is 0 Å². The van der Waals surface area contributed by atoms with Gasteiger partial charge in [-0.1, -0.05) is 32.0 Å². The lowest BCUT2D eigenvalue weighted by Crippen LogP contribution is -2.36. The largest absolute Gasteiger partial charge is 0.361 e. The summed E-state index contributed by atoms with van der Waals surface area (Å²) in [6.45, 7) is 6.67. The molecule has 2 rings (SSSR count). The molecule has 0 saturated heterocycles. The van der Waals surface area contributed by atoms with Crippen molar-refractivity contribution in [2.45, 2.75) is 33.2 Å². The lowest BCUT2D eigenvalue weighted by Gasteiger charge is -2.24. The average Bonchev–Trinajstić information content (AvgIpc) is 2.55. The normalized spacial score (nSPS) is 19.0. The van der Waals surface area contributed by atoms with Crippen LogP contribution in [0.4, 0.5) is 5.69 Å². The minimum Gasteiger partial charge on any atom is -0.361 e. The lowest BCUT2D eigenvalue weighted by molar-refractivity contribution is -0.120. The molecule has 1 heterocycles. The van der Waals surface area contributed by atoms with Crippen molar-refractivity contribution in [2.75, 3.05) is 11.4 Å². The van der Waals surface area contributed by atoms with Gasteiger partial charge in [0.05, 0.1) is 6.54 Å². The predicted octanol–water partition coefficient (Wildman–Crippen LogP) is 2.66. The molecule has 86 valence electrons. The maximum atomic E-state index is 11.8. The van der Waals surface area contributed by atoms with Crippen molar-refractivity contribution in [2.24, 2.45) is 5.92 Å². The highest BCUT2D eigenvalue weighted by atomic mass is 16.1. The van der Waals surface area contributed by atoms with Crippen molar-refractivity contribution in [1.82, 2.24) is 0 Å². The Kier molecular flexibility index (Phi) is 2.99. The van der Waals surface area contributed by atoms with E-state index in [9.17, 15) is 4.79 Å². The molecule has 1 aromatic rings. The number of hydrogen-bond donors (Lipinski definition) is 0. The van der Waals surface area contributed by atoms with E-state index < -0.39 is 0 Å². The summed E-state index contributed by atoms with van der Waals surface area (Å²) in [7, 11) is 0. The molecule has 2 nitrogen and oxygen atoms in total. The van der Waals surface area contributed by atoms with Crippen molar-refractivity contribution in [3.63, 3.8) is 0 Å². The number of carbonyl (C=O) groups excluding carboxylic acids is 1. The highest BCUT2D eigenvalue weighted by Crippen LogP contribution is 2.31. The van der Waals surface area contributed by atoms with Gasteiger partial charge in [-0.3, -0.25) is 4.79 Å². The number of hydrogen-bond acceptors (Lipinski definition) is 2. The van der Waals surface area contributed by atoms with Crippen LogP contribution in [0.15, 0.2) is 24.3 Å². The third kappa shape index (κ3) is 1.97. The fraction of sp³-hybridized carbons (Fsp3) is 0.500. The van der Waals surface area contributed by atoms with Crippen molar-refractivity contribution in [3.05, 3.63) is 29.8 Å². The number of Topliss-reactive ketones (excluding diaryl/α,β-unsaturated/α-hetero) is 1. The summed E-state index contributed by atoms with van der Waals surface area (Å²) >= 11 is 0. The van der Waals surface area contributed by atoms with E-state index >= 15 is 0 Å². The zero-order valence-electron chi connectivity index (χ0n) is 10.2. The second-order valence-corrected chi connectivity index (χ2v) is 4.93. The first-order valence-electron chi connectivity index (χ1n) is 5.97. The zero-order valence-corrected chi connectivity index (χ0v) is 10.2. The van der Waals surface area contributed by atoms with Gasteiger partial charge in [-0.2, -0.15) is 0 Å². The Bertz CT molecular complexity index is 397. The minimum atomic E-state index is 0.125. The van der Waals surface area contributed by atoms with E-state index in [1.165, 1.54) is 11.3 Å². The number of benzene rings is 1. The van der Waals surface area contributed by atoms with Crippen LogP contribution in [0.5, 0.6) is 0 Å². The fourth-order valence-corrected chi connectivity index (χ4v) is 2.22. The van der Waals surface area contributed by atoms with Crippen LogP contribution in [0, 0.1) is 5.92 Å². The number of rotatable bonds is 3. The molecule has 1 unspecified atom stereocenters. The Morgan fingerprint density at radius 1 is 1.44 bits per heavy atom. The molecule has 2 heteroatoms. The highest BCUT2D eigenvalue weighted by molar-refractivity contribution is 5.86. The van der Waals surface area contributed by atoms with E-state index in [4.69, 9.17) is 0 Å². The summed E-state index contributed by atoms with van der Waals surface area (Å²) in [6, 6.07) is 8.83. The van der Waals surface area contributed by atoms with E-state index in [1.807, 2.05) is 19.9 Å². The van der Waals surface area contributed by atoms with Gasteiger partial charge in [0, 0.05) is 17.6 Å². The molecule has 0 fully saturated rings. The summed E-state index contributed by atoms with van der Waals surface area (Å²) in [6.07, 6.45) is 1.06. The molecule has 0 bridgehead atoms. The van der Waals surface area contributed by atoms with Crippen LogP contribution in [-0.2, 0) is 11.2 Å². The maximum Gasteiger partial charge on any atom is 0.154 e. The van der Waals surface area contributed by atoms with Gasteiger partial charge in [-0.05, 0) is 25.0 Å². The molecular formula is C14H19NO. The second kappa shape index (κ2) is 4.28. The van der Waals surface area contributed by atoms with Gasteiger partial charge in [-0.15, -0.1) is 0 Å². The van der Waals surface area contributed by atoms with Crippen LogP contribution in [0.25, 0.3) is 0 Å². The maximum absolute atomic E-state index is 11.8. The van der Waals surface area contributed by atoms with E-state index in [0.717, 1.165) is 6.42 Å². The standard InChI is InChI=1S/C14H19NO/c1-10(2)14(16)9-15-11(3)8-12-6-4-5-7-13(12)15/h4-7,10-11H,8-9H2,1-3H3. The van der Waals surface area contributed by atoms with E-state index in [-0.39, 0.29) is 5.92 Å². The van der Waals surface area contributed by atoms with Crippen LogP contribution in [-0.4, -0.2) is 18.4 Å². The first-order chi connectivity index (χ1) is 7.59. The summed E-state index contributed by atoms with van der Waals surface area (Å²) in [4.78, 5) is 14.0.